The van der Waals surface area contributed by atoms with Crippen LogP contribution in [0.4, 0.5) is 5.69 Å². The van der Waals surface area contributed by atoms with Crippen molar-refractivity contribution in [3.63, 3.8) is 0 Å². The van der Waals surface area contributed by atoms with Crippen molar-refractivity contribution in [3.05, 3.63) is 48.5 Å². The Labute approximate surface area is 160 Å². The molecule has 27 heavy (non-hydrogen) atoms. The van der Waals surface area contributed by atoms with Gasteiger partial charge in [-0.15, -0.1) is 0 Å². The monoisotopic (exact) mass is 370 g/mol. The van der Waals surface area contributed by atoms with E-state index in [2.05, 4.69) is 10.2 Å². The molecule has 0 radical (unpaired) electrons. The molecule has 0 unspecified atom stereocenters. The van der Waals surface area contributed by atoms with Gasteiger partial charge in [-0.3, -0.25) is 9.69 Å². The zero-order valence-electron chi connectivity index (χ0n) is 15.8. The van der Waals surface area contributed by atoms with Crippen LogP contribution in [0.1, 0.15) is 12.8 Å². The van der Waals surface area contributed by atoms with E-state index in [0.717, 1.165) is 42.3 Å². The van der Waals surface area contributed by atoms with E-state index in [1.165, 1.54) is 0 Å². The Morgan fingerprint density at radius 2 is 1.59 bits per heavy atom. The summed E-state index contributed by atoms with van der Waals surface area (Å²) in [7, 11) is 3.26. The molecule has 2 aromatic rings. The third-order valence-corrected chi connectivity index (χ3v) is 4.73. The van der Waals surface area contributed by atoms with Crippen LogP contribution in [0.2, 0.25) is 0 Å². The Balaban J connectivity index is 1.49. The first-order chi connectivity index (χ1) is 13.2. The number of methoxy groups -OCH3 is 2. The maximum atomic E-state index is 12.6. The summed E-state index contributed by atoms with van der Waals surface area (Å²) < 4.78 is 16.1. The van der Waals surface area contributed by atoms with Gasteiger partial charge in [0.1, 0.15) is 23.9 Å². The van der Waals surface area contributed by atoms with Crippen LogP contribution >= 0.6 is 0 Å². The van der Waals surface area contributed by atoms with Gasteiger partial charge in [0.2, 0.25) is 5.91 Å². The van der Waals surface area contributed by atoms with Crippen LogP contribution in [0.5, 0.6) is 17.2 Å². The Hall–Kier alpha value is -2.73. The number of rotatable bonds is 8. The van der Waals surface area contributed by atoms with Crippen molar-refractivity contribution in [1.29, 1.82) is 0 Å². The van der Waals surface area contributed by atoms with Crippen molar-refractivity contribution in [2.75, 3.05) is 39.2 Å². The lowest BCUT2D eigenvalue weighted by molar-refractivity contribution is -0.120. The van der Waals surface area contributed by atoms with E-state index in [9.17, 15) is 4.79 Å². The highest BCUT2D eigenvalue weighted by atomic mass is 16.5. The molecule has 2 aromatic carbocycles. The van der Waals surface area contributed by atoms with Crippen LogP contribution in [-0.2, 0) is 4.79 Å². The fraction of sp³-hybridized carbons (Fsp3) is 0.381. The smallest absolute Gasteiger partial charge is 0.241 e. The van der Waals surface area contributed by atoms with E-state index in [4.69, 9.17) is 14.2 Å². The average Bonchev–Trinajstić information content (AvgIpc) is 3.18. The molecule has 1 fully saturated rings. The first-order valence-corrected chi connectivity index (χ1v) is 9.15. The largest absolute Gasteiger partial charge is 0.497 e. The molecule has 0 spiro atoms. The molecule has 0 aliphatic carbocycles. The standard InChI is InChI=1S/C21H26N2O4/c1-25-17-7-5-16(6-8-17)22-21(24)20-4-3-13-23(20)14-15-27-19-11-9-18(26-2)10-12-19/h5-12,20H,3-4,13-15H2,1-2H3,(H,22,24)/t20-/m1/s1. The number of hydrogen-bond donors (Lipinski definition) is 1. The number of carbonyl (C=O) groups is 1. The summed E-state index contributed by atoms with van der Waals surface area (Å²) >= 11 is 0. The second kappa shape index (κ2) is 9.28. The topological polar surface area (TPSA) is 60.0 Å². The maximum absolute atomic E-state index is 12.6. The minimum Gasteiger partial charge on any atom is -0.497 e. The molecule has 1 saturated heterocycles. The van der Waals surface area contributed by atoms with Gasteiger partial charge in [0, 0.05) is 12.2 Å². The lowest BCUT2D eigenvalue weighted by Gasteiger charge is -2.23. The van der Waals surface area contributed by atoms with Crippen LogP contribution < -0.4 is 19.5 Å². The molecule has 1 atom stereocenters. The third kappa shape index (κ3) is 5.14. The van der Waals surface area contributed by atoms with E-state index >= 15 is 0 Å². The summed E-state index contributed by atoms with van der Waals surface area (Å²) in [5.41, 5.74) is 0.780. The fourth-order valence-corrected chi connectivity index (χ4v) is 3.24. The van der Waals surface area contributed by atoms with Crippen LogP contribution in [0.25, 0.3) is 0 Å². The Bertz CT molecular complexity index is 731. The Kier molecular flexibility index (Phi) is 6.54. The molecule has 6 heteroatoms. The quantitative estimate of drug-likeness (QED) is 0.773. The first-order valence-electron chi connectivity index (χ1n) is 9.15. The minimum absolute atomic E-state index is 0.0297. The van der Waals surface area contributed by atoms with Crippen LogP contribution in [0, 0.1) is 0 Å². The number of nitrogens with one attached hydrogen (secondary N) is 1. The highest BCUT2D eigenvalue weighted by Gasteiger charge is 2.30. The number of hydrogen-bond acceptors (Lipinski definition) is 5. The molecular weight excluding hydrogens is 344 g/mol. The minimum atomic E-state index is -0.119. The van der Waals surface area contributed by atoms with Gasteiger partial charge < -0.3 is 19.5 Å². The van der Waals surface area contributed by atoms with Crippen LogP contribution in [0.3, 0.4) is 0 Å². The van der Waals surface area contributed by atoms with Gasteiger partial charge in [-0.1, -0.05) is 0 Å². The van der Waals surface area contributed by atoms with Crippen molar-refractivity contribution >= 4 is 11.6 Å². The van der Waals surface area contributed by atoms with Crippen molar-refractivity contribution in [1.82, 2.24) is 4.90 Å². The van der Waals surface area contributed by atoms with Crippen LogP contribution in [-0.4, -0.2) is 50.8 Å². The van der Waals surface area contributed by atoms with Gasteiger partial charge in [-0.2, -0.15) is 0 Å². The lowest BCUT2D eigenvalue weighted by Crippen LogP contribution is -2.41. The fourth-order valence-electron chi connectivity index (χ4n) is 3.24. The average molecular weight is 370 g/mol. The summed E-state index contributed by atoms with van der Waals surface area (Å²) in [4.78, 5) is 14.8. The van der Waals surface area contributed by atoms with E-state index in [1.54, 1.807) is 14.2 Å². The number of anilines is 1. The lowest BCUT2D eigenvalue weighted by atomic mass is 10.2. The molecule has 1 aliphatic rings. The molecule has 1 N–H and O–H groups in total. The van der Waals surface area contributed by atoms with Crippen molar-refractivity contribution < 1.29 is 19.0 Å². The number of benzene rings is 2. The maximum Gasteiger partial charge on any atom is 0.241 e. The zero-order chi connectivity index (χ0) is 19.1. The van der Waals surface area contributed by atoms with Crippen molar-refractivity contribution in [2.24, 2.45) is 0 Å². The second-order valence-electron chi connectivity index (χ2n) is 6.44. The summed E-state index contributed by atoms with van der Waals surface area (Å²) in [5, 5.41) is 3.00. The molecule has 6 nitrogen and oxygen atoms in total. The number of amides is 1. The van der Waals surface area contributed by atoms with Gasteiger partial charge >= 0.3 is 0 Å². The van der Waals surface area contributed by atoms with E-state index in [-0.39, 0.29) is 11.9 Å². The number of carbonyl (C=O) groups excluding carboxylic acids is 1. The summed E-state index contributed by atoms with van der Waals surface area (Å²) in [6.45, 7) is 2.16. The van der Waals surface area contributed by atoms with Crippen molar-refractivity contribution in [3.8, 4) is 17.2 Å². The van der Waals surface area contributed by atoms with E-state index in [1.807, 2.05) is 48.5 Å². The predicted octanol–water partition coefficient (Wildman–Crippen LogP) is 3.19. The second-order valence-corrected chi connectivity index (χ2v) is 6.44. The number of ether oxygens (including phenoxy) is 3. The molecule has 0 aromatic heterocycles. The molecule has 3 rings (SSSR count). The molecule has 144 valence electrons. The molecule has 0 bridgehead atoms. The molecule has 1 heterocycles. The number of likely N-dealkylation sites (tertiary alicyclic amines) is 1. The number of nitrogens with zero attached hydrogens (tertiary/aromatic N) is 1. The summed E-state index contributed by atoms with van der Waals surface area (Å²) in [6.07, 6.45) is 1.88. The van der Waals surface area contributed by atoms with Crippen LogP contribution in [0.15, 0.2) is 48.5 Å². The first kappa shape index (κ1) is 19.0. The highest BCUT2D eigenvalue weighted by Crippen LogP contribution is 2.21. The Morgan fingerprint density at radius 3 is 2.22 bits per heavy atom. The SMILES string of the molecule is COc1ccc(NC(=O)[C@H]2CCCN2CCOc2ccc(OC)cc2)cc1. The van der Waals surface area contributed by atoms with Crippen molar-refractivity contribution in [2.45, 2.75) is 18.9 Å². The van der Waals surface area contributed by atoms with Gasteiger partial charge in [0.25, 0.3) is 0 Å². The highest BCUT2D eigenvalue weighted by molar-refractivity contribution is 5.95. The van der Waals surface area contributed by atoms with Gasteiger partial charge in [-0.05, 0) is 67.9 Å². The Morgan fingerprint density at radius 1 is 1.00 bits per heavy atom. The van der Waals surface area contributed by atoms with E-state index in [0.29, 0.717) is 13.2 Å². The third-order valence-electron chi connectivity index (χ3n) is 4.73. The van der Waals surface area contributed by atoms with Gasteiger partial charge in [0.15, 0.2) is 0 Å². The predicted molar refractivity (Wildman–Crippen MR) is 105 cm³/mol. The molecular formula is C21H26N2O4. The van der Waals surface area contributed by atoms with E-state index < -0.39 is 0 Å². The molecule has 1 aliphatic heterocycles. The zero-order valence-corrected chi connectivity index (χ0v) is 15.8. The van der Waals surface area contributed by atoms with Gasteiger partial charge in [0.05, 0.1) is 20.3 Å². The molecule has 1 amide bonds. The summed E-state index contributed by atoms with van der Waals surface area (Å²) in [5.74, 6) is 2.40. The summed E-state index contributed by atoms with van der Waals surface area (Å²) in [6, 6.07) is 14.8. The normalized spacial score (nSPS) is 16.7. The molecule has 0 saturated carbocycles. The van der Waals surface area contributed by atoms with Gasteiger partial charge in [-0.25, -0.2) is 0 Å².